The van der Waals surface area contributed by atoms with Gasteiger partial charge in [-0.25, -0.2) is 4.98 Å². The predicted molar refractivity (Wildman–Crippen MR) is 85.6 cm³/mol. The van der Waals surface area contributed by atoms with Crippen molar-refractivity contribution in [2.45, 2.75) is 50.6 Å². The summed E-state index contributed by atoms with van der Waals surface area (Å²) in [7, 11) is 0. The highest BCUT2D eigenvalue weighted by molar-refractivity contribution is 5.79. The number of rotatable bonds is 4. The molecule has 0 spiro atoms. The van der Waals surface area contributed by atoms with Crippen molar-refractivity contribution < 1.29 is 9.53 Å². The number of nitrogens with zero attached hydrogens (tertiary/aromatic N) is 1. The topological polar surface area (TPSA) is 63.2 Å². The van der Waals surface area contributed by atoms with Crippen molar-refractivity contribution in [2.24, 2.45) is 5.92 Å². The average molecular weight is 303 g/mol. The van der Waals surface area contributed by atoms with Crippen LogP contribution in [0.2, 0.25) is 0 Å². The Balaban J connectivity index is 1.40. The summed E-state index contributed by atoms with van der Waals surface area (Å²) in [4.78, 5) is 16.6. The second-order valence-corrected chi connectivity index (χ2v) is 6.30. The number of hydrogen-bond donors (Lipinski definition) is 2. The monoisotopic (exact) mass is 303 g/mol. The maximum absolute atomic E-state index is 12.2. The first kappa shape index (κ1) is 15.3. The quantitative estimate of drug-likeness (QED) is 0.896. The summed E-state index contributed by atoms with van der Waals surface area (Å²) in [6, 6.07) is 6.71. The van der Waals surface area contributed by atoms with Crippen LogP contribution in [0.3, 0.4) is 0 Å². The maximum atomic E-state index is 12.2. The first-order valence-corrected chi connectivity index (χ1v) is 8.37. The van der Waals surface area contributed by atoms with Gasteiger partial charge in [0, 0.05) is 37.4 Å². The Hall–Kier alpha value is -1.62. The molecule has 120 valence electrons. The van der Waals surface area contributed by atoms with E-state index in [1.807, 2.05) is 24.4 Å². The van der Waals surface area contributed by atoms with Gasteiger partial charge in [-0.1, -0.05) is 6.07 Å². The molecule has 0 bridgehead atoms. The fraction of sp³-hybridized carbons (Fsp3) is 0.647. The first-order chi connectivity index (χ1) is 10.8. The van der Waals surface area contributed by atoms with E-state index in [2.05, 4.69) is 15.6 Å². The predicted octanol–water partition coefficient (Wildman–Crippen LogP) is 2.35. The molecule has 1 aromatic rings. The standard InChI is InChI=1S/C17H25N3O2/c21-17(13-8-11-22-12-9-13)20-15-6-4-14(5-7-15)19-16-3-1-2-10-18-16/h1-3,10,13-15H,4-9,11-12H2,(H,18,19)(H,20,21). The molecule has 1 saturated heterocycles. The zero-order chi connectivity index (χ0) is 15.2. The lowest BCUT2D eigenvalue weighted by Crippen LogP contribution is -2.43. The average Bonchev–Trinajstić information content (AvgIpc) is 2.58. The van der Waals surface area contributed by atoms with E-state index in [-0.39, 0.29) is 11.8 Å². The van der Waals surface area contributed by atoms with Crippen LogP contribution in [0.1, 0.15) is 38.5 Å². The Bertz CT molecular complexity index is 466. The van der Waals surface area contributed by atoms with Gasteiger partial charge in [-0.2, -0.15) is 0 Å². The van der Waals surface area contributed by atoms with Crippen LogP contribution in [0.15, 0.2) is 24.4 Å². The minimum absolute atomic E-state index is 0.151. The lowest BCUT2D eigenvalue weighted by Gasteiger charge is -2.31. The highest BCUT2D eigenvalue weighted by Crippen LogP contribution is 2.23. The summed E-state index contributed by atoms with van der Waals surface area (Å²) < 4.78 is 5.32. The molecule has 1 aliphatic carbocycles. The van der Waals surface area contributed by atoms with E-state index in [0.717, 1.165) is 57.6 Å². The second kappa shape index (κ2) is 7.58. The molecule has 1 aliphatic heterocycles. The number of anilines is 1. The highest BCUT2D eigenvalue weighted by atomic mass is 16.5. The van der Waals surface area contributed by atoms with E-state index in [0.29, 0.717) is 12.1 Å². The van der Waals surface area contributed by atoms with E-state index in [1.54, 1.807) is 0 Å². The minimum atomic E-state index is 0.151. The molecule has 22 heavy (non-hydrogen) atoms. The third-order valence-electron chi connectivity index (χ3n) is 4.68. The molecule has 0 aromatic carbocycles. The molecule has 0 atom stereocenters. The second-order valence-electron chi connectivity index (χ2n) is 6.30. The molecule has 3 rings (SSSR count). The van der Waals surface area contributed by atoms with E-state index in [1.165, 1.54) is 0 Å². The molecule has 2 fully saturated rings. The van der Waals surface area contributed by atoms with Crippen LogP contribution in [-0.2, 0) is 9.53 Å². The largest absolute Gasteiger partial charge is 0.381 e. The zero-order valence-electron chi connectivity index (χ0n) is 13.0. The van der Waals surface area contributed by atoms with Gasteiger partial charge in [-0.15, -0.1) is 0 Å². The summed E-state index contributed by atoms with van der Waals surface area (Å²) in [6.45, 7) is 1.44. The van der Waals surface area contributed by atoms with Crippen LogP contribution in [0.25, 0.3) is 0 Å². The molecule has 5 heteroatoms. The van der Waals surface area contributed by atoms with Gasteiger partial charge in [0.1, 0.15) is 5.82 Å². The van der Waals surface area contributed by atoms with Crippen molar-refractivity contribution in [3.05, 3.63) is 24.4 Å². The third-order valence-corrected chi connectivity index (χ3v) is 4.68. The van der Waals surface area contributed by atoms with E-state index >= 15 is 0 Å². The number of ether oxygens (including phenoxy) is 1. The number of aromatic nitrogens is 1. The highest BCUT2D eigenvalue weighted by Gasteiger charge is 2.26. The Morgan fingerprint density at radius 2 is 1.77 bits per heavy atom. The van der Waals surface area contributed by atoms with Gasteiger partial charge in [0.2, 0.25) is 5.91 Å². The van der Waals surface area contributed by atoms with Crippen molar-refractivity contribution >= 4 is 11.7 Å². The number of nitrogens with one attached hydrogen (secondary N) is 2. The fourth-order valence-corrected chi connectivity index (χ4v) is 3.32. The molecule has 2 N–H and O–H groups in total. The Morgan fingerprint density at radius 3 is 2.45 bits per heavy atom. The van der Waals surface area contributed by atoms with Crippen molar-refractivity contribution in [1.29, 1.82) is 0 Å². The van der Waals surface area contributed by atoms with E-state index in [9.17, 15) is 4.79 Å². The molecule has 2 aliphatic rings. The van der Waals surface area contributed by atoms with Crippen LogP contribution < -0.4 is 10.6 Å². The van der Waals surface area contributed by atoms with Crippen LogP contribution in [0, 0.1) is 5.92 Å². The van der Waals surface area contributed by atoms with Crippen LogP contribution in [-0.4, -0.2) is 36.2 Å². The Morgan fingerprint density at radius 1 is 1.05 bits per heavy atom. The number of carbonyl (C=O) groups excluding carboxylic acids is 1. The van der Waals surface area contributed by atoms with Gasteiger partial charge in [0.25, 0.3) is 0 Å². The number of hydrogen-bond acceptors (Lipinski definition) is 4. The molecule has 2 heterocycles. The molecule has 0 unspecified atom stereocenters. The van der Waals surface area contributed by atoms with Crippen molar-refractivity contribution in [2.75, 3.05) is 18.5 Å². The third kappa shape index (κ3) is 4.19. The summed E-state index contributed by atoms with van der Waals surface area (Å²) in [6.07, 6.45) is 7.77. The van der Waals surface area contributed by atoms with Gasteiger partial charge in [-0.05, 0) is 50.7 Å². The van der Waals surface area contributed by atoms with Gasteiger partial charge < -0.3 is 15.4 Å². The van der Waals surface area contributed by atoms with Gasteiger partial charge >= 0.3 is 0 Å². The molecular formula is C17H25N3O2. The molecule has 5 nitrogen and oxygen atoms in total. The smallest absolute Gasteiger partial charge is 0.223 e. The van der Waals surface area contributed by atoms with Crippen molar-refractivity contribution in [1.82, 2.24) is 10.3 Å². The Kier molecular flexibility index (Phi) is 5.27. The number of amides is 1. The molecular weight excluding hydrogens is 278 g/mol. The van der Waals surface area contributed by atoms with Crippen LogP contribution in [0.4, 0.5) is 5.82 Å². The molecule has 1 aromatic heterocycles. The number of pyridine rings is 1. The molecule has 0 radical (unpaired) electrons. The molecule has 1 amide bonds. The summed E-state index contributed by atoms with van der Waals surface area (Å²) in [5.74, 6) is 1.32. The number of carbonyl (C=O) groups is 1. The van der Waals surface area contributed by atoms with Gasteiger partial charge in [0.05, 0.1) is 0 Å². The zero-order valence-corrected chi connectivity index (χ0v) is 13.0. The van der Waals surface area contributed by atoms with Crippen molar-refractivity contribution in [3.63, 3.8) is 0 Å². The van der Waals surface area contributed by atoms with E-state index in [4.69, 9.17) is 4.74 Å². The first-order valence-electron chi connectivity index (χ1n) is 8.37. The van der Waals surface area contributed by atoms with Crippen LogP contribution >= 0.6 is 0 Å². The molecule has 1 saturated carbocycles. The minimum Gasteiger partial charge on any atom is -0.381 e. The normalized spacial score (nSPS) is 26.4. The summed E-state index contributed by atoms with van der Waals surface area (Å²) in [5, 5.41) is 6.71. The van der Waals surface area contributed by atoms with Gasteiger partial charge in [0.15, 0.2) is 0 Å². The van der Waals surface area contributed by atoms with Crippen molar-refractivity contribution in [3.8, 4) is 0 Å². The summed E-state index contributed by atoms with van der Waals surface area (Å²) >= 11 is 0. The summed E-state index contributed by atoms with van der Waals surface area (Å²) in [5.41, 5.74) is 0. The van der Waals surface area contributed by atoms with E-state index < -0.39 is 0 Å². The lowest BCUT2D eigenvalue weighted by atomic mass is 9.90. The lowest BCUT2D eigenvalue weighted by molar-refractivity contribution is -0.128. The maximum Gasteiger partial charge on any atom is 0.223 e. The SMILES string of the molecule is O=C(NC1CCC(Nc2ccccn2)CC1)C1CCOCC1. The van der Waals surface area contributed by atoms with Crippen LogP contribution in [0.5, 0.6) is 0 Å². The van der Waals surface area contributed by atoms with Gasteiger partial charge in [-0.3, -0.25) is 4.79 Å². The fourth-order valence-electron chi connectivity index (χ4n) is 3.32. The Labute approximate surface area is 131 Å².